The van der Waals surface area contributed by atoms with Gasteiger partial charge in [-0.05, 0) is 49.3 Å². The number of hydrogen-bond acceptors (Lipinski definition) is 6. The van der Waals surface area contributed by atoms with Crippen molar-refractivity contribution in [3.8, 4) is 0 Å². The number of ether oxygens (including phenoxy) is 1. The average Bonchev–Trinajstić information content (AvgIpc) is 2.82. The molecule has 0 atom stereocenters. The van der Waals surface area contributed by atoms with Crippen molar-refractivity contribution in [3.63, 3.8) is 0 Å². The third-order valence-electron chi connectivity index (χ3n) is 4.16. The smallest absolute Gasteiger partial charge is 0.151 e. The number of anilines is 3. The largest absolute Gasteiger partial charge is 0.378 e. The molecule has 0 unspecified atom stereocenters. The van der Waals surface area contributed by atoms with Crippen molar-refractivity contribution in [1.82, 2.24) is 4.90 Å². The fourth-order valence-corrected chi connectivity index (χ4v) is 4.62. The van der Waals surface area contributed by atoms with E-state index >= 15 is 0 Å². The van der Waals surface area contributed by atoms with Gasteiger partial charge in [0.2, 0.25) is 0 Å². The summed E-state index contributed by atoms with van der Waals surface area (Å²) in [6.07, 6.45) is 0. The summed E-state index contributed by atoms with van der Waals surface area (Å²) in [7, 11) is 0.308. The molecule has 148 valence electrons. The first-order chi connectivity index (χ1) is 12.8. The number of nitrogens with zero attached hydrogens (tertiary/aromatic N) is 3. The topological polar surface area (TPSA) is 59.4 Å². The van der Waals surface area contributed by atoms with E-state index in [9.17, 15) is 17.9 Å². The van der Waals surface area contributed by atoms with Crippen LogP contribution in [0.15, 0.2) is 42.5 Å². The minimum atomic E-state index is -3.57. The van der Waals surface area contributed by atoms with Gasteiger partial charge in [-0.1, -0.05) is 12.1 Å². The molecule has 0 fully saturated rings. The summed E-state index contributed by atoms with van der Waals surface area (Å²) >= 11 is 0. The molecule has 0 radical (unpaired) electrons. The van der Waals surface area contributed by atoms with Gasteiger partial charge in [0.25, 0.3) is 0 Å². The summed E-state index contributed by atoms with van der Waals surface area (Å²) in [6, 6.07) is 9.89. The normalized spacial score (nSPS) is 16.7. The van der Waals surface area contributed by atoms with Crippen LogP contribution in [0.2, 0.25) is 0 Å². The molecule has 0 aromatic heterocycles. The maximum atomic E-state index is 14.4. The van der Waals surface area contributed by atoms with Crippen molar-refractivity contribution in [3.05, 3.63) is 54.1 Å². The Kier molecular flexibility index (Phi) is 5.87. The molecule has 6 nitrogen and oxygen atoms in total. The molecule has 0 saturated carbocycles. The van der Waals surface area contributed by atoms with Gasteiger partial charge in [0, 0.05) is 12.6 Å². The van der Waals surface area contributed by atoms with Gasteiger partial charge in [-0.2, -0.15) is 0 Å². The van der Waals surface area contributed by atoms with Gasteiger partial charge in [0.1, 0.15) is 11.5 Å². The molecule has 1 aliphatic heterocycles. The van der Waals surface area contributed by atoms with Crippen LogP contribution in [-0.4, -0.2) is 54.4 Å². The number of halogens is 2. The third kappa shape index (κ3) is 4.02. The number of para-hydroxylation sites is 2. The second kappa shape index (κ2) is 7.99. The van der Waals surface area contributed by atoms with E-state index in [0.29, 0.717) is 18.0 Å². The first-order valence-electron chi connectivity index (χ1n) is 8.45. The van der Waals surface area contributed by atoms with Gasteiger partial charge in [-0.15, -0.1) is 0 Å². The lowest BCUT2D eigenvalue weighted by Gasteiger charge is -2.43. The third-order valence-corrected chi connectivity index (χ3v) is 6.01. The molecule has 2 N–H and O–H groups in total. The predicted molar refractivity (Wildman–Crippen MR) is 105 cm³/mol. The fraction of sp³-hybridized carbons (Fsp3) is 0.333. The van der Waals surface area contributed by atoms with Crippen LogP contribution in [0.5, 0.6) is 0 Å². The molecule has 0 amide bonds. The number of likely N-dealkylation sites (N-methyl/N-ethyl adjacent to an activating group) is 1. The summed E-state index contributed by atoms with van der Waals surface area (Å²) in [5, 5.41) is 0. The second-order valence-corrected chi connectivity index (χ2v) is 8.17. The maximum Gasteiger partial charge on any atom is 0.151 e. The molecular weight excluding hydrogens is 376 g/mol. The molecule has 27 heavy (non-hydrogen) atoms. The van der Waals surface area contributed by atoms with Gasteiger partial charge in [-0.25, -0.2) is 17.4 Å². The lowest BCUT2D eigenvalue weighted by Crippen LogP contribution is -2.34. The van der Waals surface area contributed by atoms with Gasteiger partial charge < -0.3 is 9.64 Å². The zero-order valence-electron chi connectivity index (χ0n) is 15.2. The molecule has 0 saturated heterocycles. The molecule has 9 heteroatoms. The fourth-order valence-electron chi connectivity index (χ4n) is 2.86. The number of hydrogen-bond donors (Lipinski definition) is 2. The Bertz CT molecular complexity index is 807. The van der Waals surface area contributed by atoms with Crippen LogP contribution in [0.25, 0.3) is 0 Å². The molecule has 2 aromatic carbocycles. The highest BCUT2D eigenvalue weighted by Gasteiger charge is 2.42. The molecular formula is C18H23F2N3O3S. The predicted octanol–water partition coefficient (Wildman–Crippen LogP) is 4.08. The maximum absolute atomic E-state index is 14.4. The molecule has 3 rings (SSSR count). The minimum absolute atomic E-state index is 0.0973. The molecule has 1 heterocycles. The van der Waals surface area contributed by atoms with Gasteiger partial charge in [-0.3, -0.25) is 9.11 Å². The van der Waals surface area contributed by atoms with Crippen LogP contribution in [-0.2, 0) is 4.74 Å². The van der Waals surface area contributed by atoms with Crippen molar-refractivity contribution in [1.29, 1.82) is 0 Å². The van der Waals surface area contributed by atoms with Crippen molar-refractivity contribution in [2.75, 3.05) is 49.0 Å². The molecule has 2 aromatic rings. The number of benzene rings is 2. The Morgan fingerprint density at radius 2 is 1.70 bits per heavy atom. The Labute approximate surface area is 159 Å². The van der Waals surface area contributed by atoms with Crippen LogP contribution in [0.3, 0.4) is 0 Å². The highest BCUT2D eigenvalue weighted by atomic mass is 32.3. The summed E-state index contributed by atoms with van der Waals surface area (Å²) in [4.78, 5) is 1.98. The summed E-state index contributed by atoms with van der Waals surface area (Å²) in [6.45, 7) is 1.75. The van der Waals surface area contributed by atoms with Gasteiger partial charge in [0.15, 0.2) is 5.82 Å². The summed E-state index contributed by atoms with van der Waals surface area (Å²) in [5.74, 6) is -1.60. The Hall–Kier alpha value is -1.91. The Morgan fingerprint density at radius 3 is 2.37 bits per heavy atom. The zero-order valence-corrected chi connectivity index (χ0v) is 16.0. The van der Waals surface area contributed by atoms with E-state index in [2.05, 4.69) is 0 Å². The molecule has 0 bridgehead atoms. The van der Waals surface area contributed by atoms with Crippen molar-refractivity contribution in [2.45, 2.75) is 0 Å². The standard InChI is InChI=1S/C18H23F2N3O3S/c1-21(2)9-11-26-12-10-22-17-5-3-4-6-18(17)23(27(22,24)25)16-8-7-14(19)13-15(16)20/h3-8,13,24-25H,9-12H2,1-2H3. The van der Waals surface area contributed by atoms with E-state index in [1.165, 1.54) is 10.4 Å². The van der Waals surface area contributed by atoms with E-state index in [0.717, 1.165) is 23.0 Å². The number of fused-ring (bicyclic) bond motifs is 1. The summed E-state index contributed by atoms with van der Waals surface area (Å²) < 4.78 is 57.5. The second-order valence-electron chi connectivity index (χ2n) is 6.39. The van der Waals surface area contributed by atoms with Crippen LogP contribution in [0.1, 0.15) is 0 Å². The van der Waals surface area contributed by atoms with Crippen molar-refractivity contribution < 1.29 is 22.6 Å². The van der Waals surface area contributed by atoms with Crippen LogP contribution in [0.4, 0.5) is 25.8 Å². The lowest BCUT2D eigenvalue weighted by atomic mass is 10.2. The van der Waals surface area contributed by atoms with E-state index in [1.807, 2.05) is 19.0 Å². The zero-order chi connectivity index (χ0) is 19.6. The Morgan fingerprint density at radius 1 is 1.00 bits per heavy atom. The van der Waals surface area contributed by atoms with Gasteiger partial charge in [0.05, 0.1) is 31.1 Å². The van der Waals surface area contributed by atoms with Gasteiger partial charge >= 0.3 is 0 Å². The van der Waals surface area contributed by atoms with E-state index in [4.69, 9.17) is 4.74 Å². The highest BCUT2D eigenvalue weighted by Crippen LogP contribution is 2.64. The van der Waals surface area contributed by atoms with E-state index in [-0.39, 0.29) is 18.8 Å². The summed E-state index contributed by atoms with van der Waals surface area (Å²) in [5.41, 5.74) is 0.897. The number of rotatable bonds is 7. The molecule has 0 spiro atoms. The molecule has 1 aliphatic rings. The Balaban J connectivity index is 1.86. The first-order valence-corrected chi connectivity index (χ1v) is 9.91. The minimum Gasteiger partial charge on any atom is -0.378 e. The quantitative estimate of drug-likeness (QED) is 0.684. The lowest BCUT2D eigenvalue weighted by molar-refractivity contribution is 0.124. The highest BCUT2D eigenvalue weighted by molar-refractivity contribution is 8.27. The van der Waals surface area contributed by atoms with Crippen LogP contribution < -0.4 is 8.61 Å². The average molecular weight is 399 g/mol. The monoisotopic (exact) mass is 399 g/mol. The van der Waals surface area contributed by atoms with Crippen molar-refractivity contribution in [2.24, 2.45) is 0 Å². The van der Waals surface area contributed by atoms with Crippen LogP contribution >= 0.6 is 11.0 Å². The van der Waals surface area contributed by atoms with E-state index < -0.39 is 22.6 Å². The van der Waals surface area contributed by atoms with Crippen LogP contribution in [0, 0.1) is 11.6 Å². The molecule has 0 aliphatic carbocycles. The SMILES string of the molecule is CN(C)CCOCCN1c2ccccc2N(c2ccc(F)cc2F)S1(O)O. The van der Waals surface area contributed by atoms with E-state index in [1.54, 1.807) is 24.3 Å². The first kappa shape index (κ1) is 19.8. The van der Waals surface area contributed by atoms with Crippen molar-refractivity contribution >= 4 is 28.0 Å².